The first kappa shape index (κ1) is 10.2. The Bertz CT molecular complexity index is 319. The van der Waals surface area contributed by atoms with Gasteiger partial charge in [0.05, 0.1) is 11.9 Å². The van der Waals surface area contributed by atoms with Crippen LogP contribution in [0.4, 0.5) is 11.5 Å². The molecule has 74 valence electrons. The molecule has 0 aliphatic rings. The Balaban J connectivity index is 2.47. The van der Waals surface area contributed by atoms with Crippen LogP contribution in [0.25, 0.3) is 0 Å². The summed E-state index contributed by atoms with van der Waals surface area (Å²) in [5.41, 5.74) is 6.06. The first-order valence-corrected chi connectivity index (χ1v) is 4.34. The largest absolute Gasteiger partial charge is 0.384 e. The molecule has 0 spiro atoms. The molecule has 0 atom stereocenters. The van der Waals surface area contributed by atoms with Crippen LogP contribution in [0.3, 0.4) is 0 Å². The zero-order valence-electron chi connectivity index (χ0n) is 7.86. The van der Waals surface area contributed by atoms with Gasteiger partial charge in [0.2, 0.25) is 5.91 Å². The van der Waals surface area contributed by atoms with E-state index in [-0.39, 0.29) is 5.91 Å². The van der Waals surface area contributed by atoms with Crippen molar-refractivity contribution < 1.29 is 4.79 Å². The highest BCUT2D eigenvalue weighted by atomic mass is 16.1. The number of aromatic nitrogens is 1. The Morgan fingerprint density at radius 2 is 2.43 bits per heavy atom. The maximum Gasteiger partial charge on any atom is 0.224 e. The van der Waals surface area contributed by atoms with Crippen molar-refractivity contribution in [2.24, 2.45) is 0 Å². The Morgan fingerprint density at radius 1 is 1.64 bits per heavy atom. The van der Waals surface area contributed by atoms with E-state index < -0.39 is 0 Å². The summed E-state index contributed by atoms with van der Waals surface area (Å²) in [6, 6.07) is 3.36. The number of hydrogen-bond donors (Lipinski definition) is 2. The molecule has 0 unspecified atom stereocenters. The molecule has 0 fully saturated rings. The van der Waals surface area contributed by atoms with Crippen LogP contribution < -0.4 is 11.1 Å². The second kappa shape index (κ2) is 5.01. The lowest BCUT2D eigenvalue weighted by Gasteiger charge is -2.03. The summed E-state index contributed by atoms with van der Waals surface area (Å²) >= 11 is 0. The molecule has 0 saturated heterocycles. The Kier molecular flexibility index (Phi) is 3.67. The monoisotopic (exact) mass is 191 g/mol. The maximum absolute atomic E-state index is 11.2. The van der Waals surface area contributed by atoms with Crippen LogP contribution in [-0.2, 0) is 4.79 Å². The van der Waals surface area contributed by atoms with E-state index in [1.165, 1.54) is 6.20 Å². The number of hydrogen-bond acceptors (Lipinski definition) is 3. The van der Waals surface area contributed by atoms with Gasteiger partial charge in [-0.1, -0.05) is 6.08 Å². The summed E-state index contributed by atoms with van der Waals surface area (Å²) in [5, 5.41) is 2.70. The Morgan fingerprint density at radius 3 is 3.00 bits per heavy atom. The van der Waals surface area contributed by atoms with Gasteiger partial charge in [0, 0.05) is 6.42 Å². The van der Waals surface area contributed by atoms with Gasteiger partial charge in [0.15, 0.2) is 0 Å². The summed E-state index contributed by atoms with van der Waals surface area (Å²) in [4.78, 5) is 15.1. The highest BCUT2D eigenvalue weighted by Gasteiger charge is 2.00. The lowest BCUT2D eigenvalue weighted by atomic mass is 10.3. The van der Waals surface area contributed by atoms with Crippen molar-refractivity contribution in [2.75, 3.05) is 11.1 Å². The maximum atomic E-state index is 11.2. The van der Waals surface area contributed by atoms with Crippen LogP contribution in [0, 0.1) is 0 Å². The van der Waals surface area contributed by atoms with Gasteiger partial charge in [-0.15, -0.1) is 6.58 Å². The van der Waals surface area contributed by atoms with E-state index in [0.29, 0.717) is 24.3 Å². The van der Waals surface area contributed by atoms with Crippen LogP contribution in [0.2, 0.25) is 0 Å². The van der Waals surface area contributed by atoms with Gasteiger partial charge >= 0.3 is 0 Å². The molecule has 1 aromatic rings. The van der Waals surface area contributed by atoms with Crippen molar-refractivity contribution in [3.05, 3.63) is 31.0 Å². The zero-order valence-corrected chi connectivity index (χ0v) is 7.86. The molecule has 0 radical (unpaired) electrons. The molecular formula is C10H13N3O. The van der Waals surface area contributed by atoms with Gasteiger partial charge < -0.3 is 11.1 Å². The number of anilines is 2. The van der Waals surface area contributed by atoms with E-state index in [4.69, 9.17) is 5.73 Å². The molecule has 1 rings (SSSR count). The molecule has 1 amide bonds. The van der Waals surface area contributed by atoms with E-state index in [1.807, 2.05) is 0 Å². The first-order chi connectivity index (χ1) is 6.72. The number of pyridine rings is 1. The van der Waals surface area contributed by atoms with Crippen molar-refractivity contribution in [1.82, 2.24) is 4.98 Å². The van der Waals surface area contributed by atoms with E-state index in [0.717, 1.165) is 0 Å². The van der Waals surface area contributed by atoms with Gasteiger partial charge in [0.1, 0.15) is 5.82 Å². The Labute approximate surface area is 82.8 Å². The summed E-state index contributed by atoms with van der Waals surface area (Å²) in [7, 11) is 0. The van der Waals surface area contributed by atoms with E-state index in [1.54, 1.807) is 18.2 Å². The molecule has 0 saturated carbocycles. The van der Waals surface area contributed by atoms with E-state index in [2.05, 4.69) is 16.9 Å². The van der Waals surface area contributed by atoms with Gasteiger partial charge in [0.25, 0.3) is 0 Å². The number of carbonyl (C=O) groups excluding carboxylic acids is 1. The number of allylic oxidation sites excluding steroid dienone is 1. The van der Waals surface area contributed by atoms with Crippen LogP contribution in [0.1, 0.15) is 12.8 Å². The molecule has 0 aliphatic heterocycles. The number of rotatable bonds is 4. The van der Waals surface area contributed by atoms with Gasteiger partial charge in [-0.2, -0.15) is 0 Å². The Hall–Kier alpha value is -1.84. The molecule has 1 aromatic heterocycles. The minimum atomic E-state index is -0.0449. The average Bonchev–Trinajstić information content (AvgIpc) is 2.18. The number of nitrogens with one attached hydrogen (secondary N) is 1. The zero-order chi connectivity index (χ0) is 10.4. The molecule has 4 heteroatoms. The fraction of sp³-hybridized carbons (Fsp3) is 0.200. The molecular weight excluding hydrogens is 178 g/mol. The van der Waals surface area contributed by atoms with E-state index in [9.17, 15) is 4.79 Å². The molecule has 4 nitrogen and oxygen atoms in total. The second-order valence-corrected chi connectivity index (χ2v) is 2.85. The number of carbonyl (C=O) groups is 1. The van der Waals surface area contributed by atoms with Crippen molar-refractivity contribution in [2.45, 2.75) is 12.8 Å². The molecule has 1 heterocycles. The van der Waals surface area contributed by atoms with Crippen LogP contribution >= 0.6 is 0 Å². The number of nitrogens with two attached hydrogens (primary N) is 1. The van der Waals surface area contributed by atoms with Gasteiger partial charge in [-0.05, 0) is 18.6 Å². The normalized spacial score (nSPS) is 9.43. The standard InChI is InChI=1S/C10H13N3O/c1-2-3-4-10(14)13-8-5-6-9(11)12-7-8/h2,5-7H,1,3-4H2,(H2,11,12)(H,13,14). The number of nitrogen functional groups attached to an aromatic ring is 1. The topological polar surface area (TPSA) is 68.0 Å². The van der Waals surface area contributed by atoms with Crippen molar-refractivity contribution in [3.63, 3.8) is 0 Å². The van der Waals surface area contributed by atoms with E-state index >= 15 is 0 Å². The third-order valence-electron chi connectivity index (χ3n) is 1.65. The predicted molar refractivity (Wildman–Crippen MR) is 56.7 cm³/mol. The quantitative estimate of drug-likeness (QED) is 0.710. The molecule has 3 N–H and O–H groups in total. The fourth-order valence-corrected chi connectivity index (χ4v) is 0.936. The van der Waals surface area contributed by atoms with Crippen molar-refractivity contribution >= 4 is 17.4 Å². The number of amides is 1. The summed E-state index contributed by atoms with van der Waals surface area (Å²) in [6.45, 7) is 3.54. The first-order valence-electron chi connectivity index (χ1n) is 4.34. The molecule has 0 aromatic carbocycles. The smallest absolute Gasteiger partial charge is 0.224 e. The van der Waals surface area contributed by atoms with Gasteiger partial charge in [-0.3, -0.25) is 4.79 Å². The SMILES string of the molecule is C=CCCC(=O)Nc1ccc(N)nc1. The minimum absolute atomic E-state index is 0.0449. The van der Waals surface area contributed by atoms with Gasteiger partial charge in [-0.25, -0.2) is 4.98 Å². The van der Waals surface area contributed by atoms with Crippen LogP contribution in [0.5, 0.6) is 0 Å². The highest BCUT2D eigenvalue weighted by molar-refractivity contribution is 5.90. The summed E-state index contributed by atoms with van der Waals surface area (Å²) in [6.07, 6.45) is 4.35. The van der Waals surface area contributed by atoms with Crippen molar-refractivity contribution in [3.8, 4) is 0 Å². The third kappa shape index (κ3) is 3.26. The second-order valence-electron chi connectivity index (χ2n) is 2.85. The minimum Gasteiger partial charge on any atom is -0.384 e. The fourth-order valence-electron chi connectivity index (χ4n) is 0.936. The van der Waals surface area contributed by atoms with Crippen LogP contribution in [0.15, 0.2) is 31.0 Å². The molecule has 0 bridgehead atoms. The summed E-state index contributed by atoms with van der Waals surface area (Å²) in [5.74, 6) is 0.394. The molecule has 14 heavy (non-hydrogen) atoms. The average molecular weight is 191 g/mol. The third-order valence-corrected chi connectivity index (χ3v) is 1.65. The van der Waals surface area contributed by atoms with Crippen molar-refractivity contribution in [1.29, 1.82) is 0 Å². The predicted octanol–water partition coefficient (Wildman–Crippen LogP) is 1.57. The number of nitrogens with zero attached hydrogens (tertiary/aromatic N) is 1. The molecule has 0 aliphatic carbocycles. The summed E-state index contributed by atoms with van der Waals surface area (Å²) < 4.78 is 0. The lowest BCUT2D eigenvalue weighted by molar-refractivity contribution is -0.116. The highest BCUT2D eigenvalue weighted by Crippen LogP contribution is 2.07. The lowest BCUT2D eigenvalue weighted by Crippen LogP contribution is -2.10. The van der Waals surface area contributed by atoms with Crippen LogP contribution in [-0.4, -0.2) is 10.9 Å².